The highest BCUT2D eigenvalue weighted by Gasteiger charge is 2.25. The Kier molecular flexibility index (Phi) is 4.91. The van der Waals surface area contributed by atoms with Crippen LogP contribution in [0.4, 0.5) is 0 Å². The largest absolute Gasteiger partial charge is 0.480 e. The molecule has 0 aromatic rings. The van der Waals surface area contributed by atoms with E-state index >= 15 is 0 Å². The van der Waals surface area contributed by atoms with Crippen molar-refractivity contribution in [1.82, 2.24) is 4.90 Å². The number of nitriles is 1. The van der Waals surface area contributed by atoms with Crippen LogP contribution < -0.4 is 5.73 Å². The van der Waals surface area contributed by atoms with Crippen molar-refractivity contribution in [3.05, 3.63) is 0 Å². The van der Waals surface area contributed by atoms with Crippen LogP contribution in [0.5, 0.6) is 0 Å². The van der Waals surface area contributed by atoms with E-state index in [9.17, 15) is 9.59 Å². The summed E-state index contributed by atoms with van der Waals surface area (Å²) in [4.78, 5) is 23.7. The van der Waals surface area contributed by atoms with E-state index in [-0.39, 0.29) is 18.2 Å². The minimum atomic E-state index is -0.979. The molecular weight excluding hydrogens is 222 g/mol. The first-order valence-corrected chi connectivity index (χ1v) is 5.67. The first-order chi connectivity index (χ1) is 8.04. The van der Waals surface area contributed by atoms with Gasteiger partial charge < -0.3 is 15.7 Å². The minimum Gasteiger partial charge on any atom is -0.480 e. The number of rotatable bonds is 4. The number of piperidine rings is 1. The van der Waals surface area contributed by atoms with Gasteiger partial charge in [0.25, 0.3) is 0 Å². The normalized spacial score (nSPS) is 18.5. The maximum absolute atomic E-state index is 11.4. The van der Waals surface area contributed by atoms with Crippen LogP contribution >= 0.6 is 0 Å². The standard InChI is InChI=1S/C11H17N3O3/c12-4-1-10(15)14-5-2-8(3-6-14)7-9(13)11(16)17/h8-9H,1-3,5-7,13H2,(H,16,17). The molecule has 0 aromatic heterocycles. The number of hydrogen-bond acceptors (Lipinski definition) is 4. The van der Waals surface area contributed by atoms with Crippen LogP contribution in [0.15, 0.2) is 0 Å². The minimum absolute atomic E-state index is 0.0840. The van der Waals surface area contributed by atoms with Gasteiger partial charge in [-0.25, -0.2) is 0 Å². The Morgan fingerprint density at radius 1 is 1.47 bits per heavy atom. The molecule has 0 bridgehead atoms. The number of hydrogen-bond donors (Lipinski definition) is 2. The molecule has 1 heterocycles. The van der Waals surface area contributed by atoms with Crippen LogP contribution in [-0.4, -0.2) is 41.0 Å². The number of amides is 1. The average molecular weight is 239 g/mol. The predicted molar refractivity (Wildman–Crippen MR) is 59.8 cm³/mol. The molecule has 1 rings (SSSR count). The van der Waals surface area contributed by atoms with Crippen molar-refractivity contribution in [1.29, 1.82) is 5.26 Å². The maximum atomic E-state index is 11.4. The van der Waals surface area contributed by atoms with Gasteiger partial charge in [0.1, 0.15) is 12.5 Å². The Hall–Kier alpha value is -1.61. The van der Waals surface area contributed by atoms with E-state index in [0.717, 1.165) is 12.8 Å². The average Bonchev–Trinajstić information content (AvgIpc) is 2.30. The van der Waals surface area contributed by atoms with Gasteiger partial charge >= 0.3 is 5.97 Å². The summed E-state index contributed by atoms with van der Waals surface area (Å²) in [6.07, 6.45) is 1.89. The van der Waals surface area contributed by atoms with Crippen LogP contribution in [0.25, 0.3) is 0 Å². The molecule has 1 aliphatic rings. The van der Waals surface area contributed by atoms with Gasteiger partial charge in [-0.1, -0.05) is 0 Å². The Balaban J connectivity index is 2.33. The van der Waals surface area contributed by atoms with Gasteiger partial charge in [-0.05, 0) is 25.2 Å². The van der Waals surface area contributed by atoms with E-state index in [1.807, 2.05) is 6.07 Å². The molecule has 1 atom stereocenters. The molecular formula is C11H17N3O3. The Bertz CT molecular complexity index is 329. The number of carbonyl (C=O) groups is 2. The fourth-order valence-corrected chi connectivity index (χ4v) is 2.06. The fraction of sp³-hybridized carbons (Fsp3) is 0.727. The molecule has 1 saturated heterocycles. The molecule has 1 aliphatic heterocycles. The van der Waals surface area contributed by atoms with Crippen molar-refractivity contribution in [2.24, 2.45) is 11.7 Å². The van der Waals surface area contributed by atoms with Crippen LogP contribution in [0.3, 0.4) is 0 Å². The Morgan fingerprint density at radius 3 is 2.53 bits per heavy atom. The SMILES string of the molecule is N#CCC(=O)N1CCC(CC(N)C(=O)O)CC1. The van der Waals surface area contributed by atoms with Crippen LogP contribution in [0.1, 0.15) is 25.7 Å². The number of nitrogens with two attached hydrogens (primary N) is 1. The van der Waals surface area contributed by atoms with Crippen molar-refractivity contribution >= 4 is 11.9 Å². The van der Waals surface area contributed by atoms with E-state index < -0.39 is 12.0 Å². The lowest BCUT2D eigenvalue weighted by atomic mass is 9.90. The Morgan fingerprint density at radius 2 is 2.06 bits per heavy atom. The molecule has 1 fully saturated rings. The first-order valence-electron chi connectivity index (χ1n) is 5.67. The molecule has 0 spiro atoms. The van der Waals surface area contributed by atoms with Crippen molar-refractivity contribution in [3.63, 3.8) is 0 Å². The van der Waals surface area contributed by atoms with Crippen LogP contribution in [-0.2, 0) is 9.59 Å². The molecule has 17 heavy (non-hydrogen) atoms. The lowest BCUT2D eigenvalue weighted by Gasteiger charge is -2.32. The van der Waals surface area contributed by atoms with Crippen molar-refractivity contribution in [3.8, 4) is 6.07 Å². The van der Waals surface area contributed by atoms with E-state index in [4.69, 9.17) is 16.1 Å². The number of aliphatic carboxylic acids is 1. The third-order valence-electron chi connectivity index (χ3n) is 3.10. The molecule has 6 nitrogen and oxygen atoms in total. The first kappa shape index (κ1) is 13.5. The molecule has 6 heteroatoms. The van der Waals surface area contributed by atoms with Crippen LogP contribution in [0.2, 0.25) is 0 Å². The summed E-state index contributed by atoms with van der Waals surface area (Å²) in [6, 6.07) is 1.02. The van der Waals surface area contributed by atoms with Gasteiger partial charge in [-0.15, -0.1) is 0 Å². The molecule has 3 N–H and O–H groups in total. The summed E-state index contributed by atoms with van der Waals surface area (Å²) >= 11 is 0. The molecule has 0 aromatic carbocycles. The second-order valence-electron chi connectivity index (χ2n) is 4.34. The maximum Gasteiger partial charge on any atom is 0.320 e. The second kappa shape index (κ2) is 6.21. The summed E-state index contributed by atoms with van der Waals surface area (Å²) in [7, 11) is 0. The monoisotopic (exact) mass is 239 g/mol. The van der Waals surface area contributed by atoms with Crippen molar-refractivity contribution in [2.75, 3.05) is 13.1 Å². The van der Waals surface area contributed by atoms with E-state index in [2.05, 4.69) is 0 Å². The highest BCUT2D eigenvalue weighted by atomic mass is 16.4. The fourth-order valence-electron chi connectivity index (χ4n) is 2.06. The molecule has 0 aliphatic carbocycles. The predicted octanol–water partition coefficient (Wildman–Crippen LogP) is -0.0593. The third-order valence-corrected chi connectivity index (χ3v) is 3.10. The zero-order chi connectivity index (χ0) is 12.8. The van der Waals surface area contributed by atoms with Crippen LogP contribution in [0, 0.1) is 17.2 Å². The van der Waals surface area contributed by atoms with Gasteiger partial charge in [-0.2, -0.15) is 5.26 Å². The summed E-state index contributed by atoms with van der Waals surface area (Å²) < 4.78 is 0. The number of carboxylic acids is 1. The highest BCUT2D eigenvalue weighted by molar-refractivity contribution is 5.78. The van der Waals surface area contributed by atoms with Gasteiger partial charge in [-0.3, -0.25) is 9.59 Å². The summed E-state index contributed by atoms with van der Waals surface area (Å²) in [5.74, 6) is -0.867. The van der Waals surface area contributed by atoms with Gasteiger partial charge in [0, 0.05) is 13.1 Å². The van der Waals surface area contributed by atoms with E-state index in [0.29, 0.717) is 19.5 Å². The smallest absolute Gasteiger partial charge is 0.320 e. The van der Waals surface area contributed by atoms with E-state index in [1.165, 1.54) is 0 Å². The lowest BCUT2D eigenvalue weighted by molar-refractivity contribution is -0.139. The number of likely N-dealkylation sites (tertiary alicyclic amines) is 1. The number of carboxylic acid groups (broad SMARTS) is 1. The van der Waals surface area contributed by atoms with Gasteiger partial charge in [0.15, 0.2) is 0 Å². The number of carbonyl (C=O) groups excluding carboxylic acids is 1. The zero-order valence-corrected chi connectivity index (χ0v) is 9.63. The summed E-state index contributed by atoms with van der Waals surface area (Å²) in [5.41, 5.74) is 5.47. The highest BCUT2D eigenvalue weighted by Crippen LogP contribution is 2.21. The van der Waals surface area contributed by atoms with Crippen molar-refractivity contribution < 1.29 is 14.7 Å². The number of nitrogens with zero attached hydrogens (tertiary/aromatic N) is 2. The lowest BCUT2D eigenvalue weighted by Crippen LogP contribution is -2.40. The zero-order valence-electron chi connectivity index (χ0n) is 9.63. The van der Waals surface area contributed by atoms with Gasteiger partial charge in [0.05, 0.1) is 6.07 Å². The van der Waals surface area contributed by atoms with Gasteiger partial charge in [0.2, 0.25) is 5.91 Å². The molecule has 1 amide bonds. The second-order valence-corrected chi connectivity index (χ2v) is 4.34. The third kappa shape index (κ3) is 4.04. The quantitative estimate of drug-likeness (QED) is 0.714. The summed E-state index contributed by atoms with van der Waals surface area (Å²) in [6.45, 7) is 1.19. The topological polar surface area (TPSA) is 107 Å². The van der Waals surface area contributed by atoms with Crippen molar-refractivity contribution in [2.45, 2.75) is 31.7 Å². The Labute approximate surface area is 100.0 Å². The molecule has 1 unspecified atom stereocenters. The molecule has 0 saturated carbocycles. The molecule has 0 radical (unpaired) electrons. The summed E-state index contributed by atoms with van der Waals surface area (Å²) in [5, 5.41) is 17.1. The van der Waals surface area contributed by atoms with E-state index in [1.54, 1.807) is 4.90 Å². The molecule has 94 valence electrons.